The number of hydrogen-bond donors (Lipinski definition) is 0. The van der Waals surface area contributed by atoms with Gasteiger partial charge in [0.15, 0.2) is 0 Å². The molecule has 6 heteroatoms. The first-order valence-electron chi connectivity index (χ1n) is 9.36. The van der Waals surface area contributed by atoms with E-state index in [1.807, 2.05) is 55.1 Å². The Morgan fingerprint density at radius 3 is 2.78 bits per heavy atom. The second-order valence-corrected chi connectivity index (χ2v) is 7.03. The van der Waals surface area contributed by atoms with E-state index in [2.05, 4.69) is 10.1 Å². The Hall–Kier alpha value is -2.89. The average molecular weight is 365 g/mol. The number of likely N-dealkylation sites (tertiary alicyclic amines) is 1. The maximum atomic E-state index is 13.0. The summed E-state index contributed by atoms with van der Waals surface area (Å²) < 4.78 is 11.0. The molecule has 0 aliphatic carbocycles. The number of piperidine rings is 1. The van der Waals surface area contributed by atoms with Crippen LogP contribution in [-0.2, 0) is 11.2 Å². The van der Waals surface area contributed by atoms with Gasteiger partial charge in [0.1, 0.15) is 17.2 Å². The van der Waals surface area contributed by atoms with Gasteiger partial charge in [-0.05, 0) is 45.2 Å². The van der Waals surface area contributed by atoms with Crippen LogP contribution < -0.4 is 0 Å². The standard InChI is InChI=1S/C21H23N3O3/c1-14-12-18(23-27-14)19-10-6-7-11-24(19)20(25)13-17-15(2)26-21(22-17)16-8-4-3-5-9-16/h3-5,8-9,12,19H,6-7,10-11,13H2,1-2H3/t19-/m1/s1. The Morgan fingerprint density at radius 1 is 1.22 bits per heavy atom. The third-order valence-electron chi connectivity index (χ3n) is 5.04. The Balaban J connectivity index is 1.53. The van der Waals surface area contributed by atoms with Crippen molar-refractivity contribution in [1.82, 2.24) is 15.0 Å². The van der Waals surface area contributed by atoms with Crippen molar-refractivity contribution >= 4 is 5.91 Å². The molecule has 0 bridgehead atoms. The van der Waals surface area contributed by atoms with Crippen LogP contribution in [0.2, 0.25) is 0 Å². The third kappa shape index (κ3) is 3.65. The van der Waals surface area contributed by atoms with E-state index in [1.54, 1.807) is 0 Å². The zero-order chi connectivity index (χ0) is 18.8. The van der Waals surface area contributed by atoms with Gasteiger partial charge in [-0.1, -0.05) is 23.4 Å². The first-order chi connectivity index (χ1) is 13.1. The Morgan fingerprint density at radius 2 is 2.04 bits per heavy atom. The fourth-order valence-electron chi connectivity index (χ4n) is 3.62. The maximum Gasteiger partial charge on any atom is 0.229 e. The fourth-order valence-corrected chi connectivity index (χ4v) is 3.62. The topological polar surface area (TPSA) is 72.4 Å². The van der Waals surface area contributed by atoms with Crippen LogP contribution in [0.25, 0.3) is 11.5 Å². The van der Waals surface area contributed by atoms with E-state index < -0.39 is 0 Å². The average Bonchev–Trinajstić information content (AvgIpc) is 3.28. The lowest BCUT2D eigenvalue weighted by Gasteiger charge is -2.34. The van der Waals surface area contributed by atoms with Gasteiger partial charge in [0.2, 0.25) is 11.8 Å². The summed E-state index contributed by atoms with van der Waals surface area (Å²) in [6, 6.07) is 11.6. The largest absolute Gasteiger partial charge is 0.441 e. The molecule has 1 aromatic carbocycles. The van der Waals surface area contributed by atoms with Crippen LogP contribution in [0.4, 0.5) is 0 Å². The van der Waals surface area contributed by atoms with E-state index in [0.717, 1.165) is 42.8 Å². The van der Waals surface area contributed by atoms with Crippen LogP contribution in [0.3, 0.4) is 0 Å². The molecular weight excluding hydrogens is 342 g/mol. The molecule has 3 heterocycles. The number of hydrogen-bond acceptors (Lipinski definition) is 5. The van der Waals surface area contributed by atoms with Crippen molar-refractivity contribution in [3.63, 3.8) is 0 Å². The minimum Gasteiger partial charge on any atom is -0.441 e. The Bertz CT molecular complexity index is 929. The molecule has 1 fully saturated rings. The van der Waals surface area contributed by atoms with Gasteiger partial charge >= 0.3 is 0 Å². The first-order valence-corrected chi connectivity index (χ1v) is 9.36. The lowest BCUT2D eigenvalue weighted by atomic mass is 9.98. The predicted octanol–water partition coefficient (Wildman–Crippen LogP) is 4.24. The van der Waals surface area contributed by atoms with Crippen LogP contribution in [-0.4, -0.2) is 27.5 Å². The van der Waals surface area contributed by atoms with E-state index in [4.69, 9.17) is 8.94 Å². The molecule has 27 heavy (non-hydrogen) atoms. The molecule has 6 nitrogen and oxygen atoms in total. The normalized spacial score (nSPS) is 17.3. The van der Waals surface area contributed by atoms with Gasteiger partial charge in [0.05, 0.1) is 18.2 Å². The van der Waals surface area contributed by atoms with Crippen LogP contribution in [0.15, 0.2) is 45.3 Å². The number of oxazole rings is 1. The summed E-state index contributed by atoms with van der Waals surface area (Å²) in [5.41, 5.74) is 2.44. The van der Waals surface area contributed by atoms with E-state index >= 15 is 0 Å². The monoisotopic (exact) mass is 365 g/mol. The highest BCUT2D eigenvalue weighted by molar-refractivity contribution is 5.79. The van der Waals surface area contributed by atoms with Gasteiger partial charge in [0.25, 0.3) is 0 Å². The number of rotatable bonds is 4. The number of benzene rings is 1. The molecule has 1 aliphatic rings. The molecule has 3 aromatic rings. The predicted molar refractivity (Wildman–Crippen MR) is 99.9 cm³/mol. The summed E-state index contributed by atoms with van der Waals surface area (Å²) >= 11 is 0. The highest BCUT2D eigenvalue weighted by Gasteiger charge is 2.31. The van der Waals surface area contributed by atoms with Crippen LogP contribution in [0, 0.1) is 13.8 Å². The summed E-state index contributed by atoms with van der Waals surface area (Å²) in [5.74, 6) is 2.06. The fraction of sp³-hybridized carbons (Fsp3) is 0.381. The molecule has 0 radical (unpaired) electrons. The van der Waals surface area contributed by atoms with Gasteiger partial charge in [-0.3, -0.25) is 4.79 Å². The molecule has 2 aromatic heterocycles. The zero-order valence-electron chi connectivity index (χ0n) is 15.6. The maximum absolute atomic E-state index is 13.0. The van der Waals surface area contributed by atoms with E-state index in [-0.39, 0.29) is 18.4 Å². The SMILES string of the molecule is Cc1cc([C@H]2CCCCN2C(=O)Cc2nc(-c3ccccc3)oc2C)no1. The molecule has 0 saturated carbocycles. The summed E-state index contributed by atoms with van der Waals surface area (Å²) in [6.45, 7) is 4.46. The Kier molecular flexibility index (Phi) is 4.79. The van der Waals surface area contributed by atoms with Crippen molar-refractivity contribution in [2.75, 3.05) is 6.54 Å². The second kappa shape index (κ2) is 7.39. The highest BCUT2D eigenvalue weighted by atomic mass is 16.5. The molecular formula is C21H23N3O3. The summed E-state index contributed by atoms with van der Waals surface area (Å²) in [5, 5.41) is 4.14. The molecule has 1 atom stereocenters. The molecule has 0 spiro atoms. The van der Waals surface area contributed by atoms with Crippen molar-refractivity contribution in [2.45, 2.75) is 45.6 Å². The van der Waals surface area contributed by atoms with Crippen molar-refractivity contribution < 1.29 is 13.7 Å². The van der Waals surface area contributed by atoms with E-state index in [9.17, 15) is 4.79 Å². The number of nitrogens with zero attached hydrogens (tertiary/aromatic N) is 3. The number of carbonyl (C=O) groups is 1. The summed E-state index contributed by atoms with van der Waals surface area (Å²) in [7, 11) is 0. The van der Waals surface area contributed by atoms with Crippen molar-refractivity contribution in [1.29, 1.82) is 0 Å². The van der Waals surface area contributed by atoms with Crippen LogP contribution in [0.5, 0.6) is 0 Å². The van der Waals surface area contributed by atoms with Crippen LogP contribution in [0.1, 0.15) is 48.2 Å². The van der Waals surface area contributed by atoms with E-state index in [0.29, 0.717) is 17.3 Å². The van der Waals surface area contributed by atoms with Gasteiger partial charge in [-0.25, -0.2) is 4.98 Å². The minimum atomic E-state index is -0.0236. The first kappa shape index (κ1) is 17.5. The molecule has 0 N–H and O–H groups in total. The quantitative estimate of drug-likeness (QED) is 0.691. The molecule has 1 amide bonds. The minimum absolute atomic E-state index is 0.0236. The number of carbonyl (C=O) groups excluding carboxylic acids is 1. The van der Waals surface area contributed by atoms with Crippen LogP contribution >= 0.6 is 0 Å². The molecule has 140 valence electrons. The Labute approximate surface area is 158 Å². The number of aryl methyl sites for hydroxylation is 2. The van der Waals surface area contributed by atoms with Gasteiger partial charge in [0, 0.05) is 18.2 Å². The van der Waals surface area contributed by atoms with Gasteiger partial charge in [-0.15, -0.1) is 0 Å². The molecule has 1 saturated heterocycles. The summed E-state index contributed by atoms with van der Waals surface area (Å²) in [6.07, 6.45) is 3.23. The number of amides is 1. The van der Waals surface area contributed by atoms with Crippen molar-refractivity contribution in [3.8, 4) is 11.5 Å². The molecule has 1 aliphatic heterocycles. The molecule has 0 unspecified atom stereocenters. The smallest absolute Gasteiger partial charge is 0.229 e. The van der Waals surface area contributed by atoms with E-state index in [1.165, 1.54) is 0 Å². The van der Waals surface area contributed by atoms with Crippen molar-refractivity contribution in [2.24, 2.45) is 0 Å². The zero-order valence-corrected chi connectivity index (χ0v) is 15.6. The third-order valence-corrected chi connectivity index (χ3v) is 5.04. The summed E-state index contributed by atoms with van der Waals surface area (Å²) in [4.78, 5) is 19.5. The second-order valence-electron chi connectivity index (χ2n) is 7.03. The van der Waals surface area contributed by atoms with Gasteiger partial charge < -0.3 is 13.8 Å². The molecule has 4 rings (SSSR count). The van der Waals surface area contributed by atoms with Crippen molar-refractivity contribution in [3.05, 3.63) is 59.3 Å². The lowest BCUT2D eigenvalue weighted by Crippen LogP contribution is -2.39. The lowest BCUT2D eigenvalue weighted by molar-refractivity contribution is -0.134. The highest BCUT2D eigenvalue weighted by Crippen LogP contribution is 2.31. The van der Waals surface area contributed by atoms with Gasteiger partial charge in [-0.2, -0.15) is 0 Å². The number of aromatic nitrogens is 2.